The zero-order valence-electron chi connectivity index (χ0n) is 17.5. The van der Waals surface area contributed by atoms with Crippen molar-refractivity contribution in [3.63, 3.8) is 0 Å². The van der Waals surface area contributed by atoms with Crippen LogP contribution in [0.25, 0.3) is 16.5 Å². The maximum Gasteiger partial charge on any atom is 0.408 e. The Morgan fingerprint density at radius 2 is 2.00 bits per heavy atom. The normalized spacial score (nSPS) is 17.2. The predicted octanol–water partition coefficient (Wildman–Crippen LogP) is 4.48. The Hall–Kier alpha value is -2.83. The van der Waals surface area contributed by atoms with Crippen LogP contribution in [0.4, 0.5) is 9.18 Å². The minimum atomic E-state index is -0.677. The molecule has 0 fully saturated rings. The van der Waals surface area contributed by atoms with E-state index >= 15 is 4.39 Å². The molecule has 1 aliphatic rings. The van der Waals surface area contributed by atoms with Crippen LogP contribution in [-0.4, -0.2) is 28.6 Å². The Morgan fingerprint density at radius 1 is 1.31 bits per heavy atom. The van der Waals surface area contributed by atoms with Crippen LogP contribution in [0.2, 0.25) is 0 Å². The molecule has 2 aromatic rings. The Balaban J connectivity index is 2.05. The summed E-state index contributed by atoms with van der Waals surface area (Å²) in [7, 11) is 0. The van der Waals surface area contributed by atoms with E-state index in [1.54, 1.807) is 20.8 Å². The topological polar surface area (TPSA) is 97.2 Å². The summed E-state index contributed by atoms with van der Waals surface area (Å²) >= 11 is 0. The molecular formula is C22H28FN3O3. The number of primary amides is 1. The number of amides is 2. The van der Waals surface area contributed by atoms with Gasteiger partial charge in [-0.25, -0.2) is 9.18 Å². The van der Waals surface area contributed by atoms with Crippen LogP contribution in [-0.2, 0) is 4.74 Å². The highest BCUT2D eigenvalue weighted by Gasteiger charge is 2.26. The van der Waals surface area contributed by atoms with Crippen LogP contribution in [0, 0.1) is 19.7 Å². The first-order valence-electron chi connectivity index (χ1n) is 9.79. The standard InChI is InChI=1S/C22H28FN3O3/c1-11-12(2)25-19-15(20(24)27)10-16(23)18(17(11)19)13-7-6-8-14(9-13)26-21(28)29-22(3,4)5/h9-10,14,25H,6-8H2,1-5H3,(H2,24,27)(H,26,28)/t14-/m0/s1. The van der Waals surface area contributed by atoms with Crippen molar-refractivity contribution >= 4 is 28.5 Å². The molecule has 1 heterocycles. The largest absolute Gasteiger partial charge is 0.444 e. The second-order valence-electron chi connectivity index (χ2n) is 8.61. The number of carbonyl (C=O) groups excluding carboxylic acids is 2. The number of benzene rings is 1. The summed E-state index contributed by atoms with van der Waals surface area (Å²) in [5.74, 6) is -1.17. The van der Waals surface area contributed by atoms with Crippen LogP contribution in [0.5, 0.6) is 0 Å². The van der Waals surface area contributed by atoms with E-state index in [0.717, 1.165) is 29.7 Å². The molecule has 1 aromatic heterocycles. The number of nitrogens with two attached hydrogens (primary N) is 1. The molecule has 0 saturated carbocycles. The number of ether oxygens (including phenoxy) is 1. The molecule has 0 aliphatic heterocycles. The predicted molar refractivity (Wildman–Crippen MR) is 111 cm³/mol. The van der Waals surface area contributed by atoms with Gasteiger partial charge in [-0.05, 0) is 71.1 Å². The molecule has 7 heteroatoms. The summed E-state index contributed by atoms with van der Waals surface area (Å²) in [6.45, 7) is 9.18. The molecule has 1 aromatic carbocycles. The molecule has 156 valence electrons. The number of nitrogens with one attached hydrogen (secondary N) is 2. The van der Waals surface area contributed by atoms with Crippen molar-refractivity contribution in [2.24, 2.45) is 5.73 Å². The van der Waals surface area contributed by atoms with E-state index < -0.39 is 23.4 Å². The van der Waals surface area contributed by atoms with Crippen molar-refractivity contribution in [2.75, 3.05) is 0 Å². The molecule has 0 bridgehead atoms. The van der Waals surface area contributed by atoms with Gasteiger partial charge in [-0.3, -0.25) is 4.79 Å². The van der Waals surface area contributed by atoms with E-state index in [9.17, 15) is 9.59 Å². The van der Waals surface area contributed by atoms with E-state index in [0.29, 0.717) is 22.9 Å². The Kier molecular flexibility index (Phi) is 5.43. The van der Waals surface area contributed by atoms with Crippen molar-refractivity contribution in [2.45, 2.75) is 65.5 Å². The monoisotopic (exact) mass is 401 g/mol. The van der Waals surface area contributed by atoms with Gasteiger partial charge in [-0.15, -0.1) is 0 Å². The minimum absolute atomic E-state index is 0.136. The van der Waals surface area contributed by atoms with Gasteiger partial charge in [0.25, 0.3) is 5.91 Å². The fourth-order valence-corrected chi connectivity index (χ4v) is 3.84. The minimum Gasteiger partial charge on any atom is -0.444 e. The fraction of sp³-hybridized carbons (Fsp3) is 0.455. The first-order chi connectivity index (χ1) is 13.5. The Morgan fingerprint density at radius 3 is 2.62 bits per heavy atom. The zero-order chi connectivity index (χ0) is 21.5. The smallest absolute Gasteiger partial charge is 0.408 e. The van der Waals surface area contributed by atoms with Gasteiger partial charge in [0.1, 0.15) is 11.4 Å². The van der Waals surface area contributed by atoms with Crippen molar-refractivity contribution in [1.29, 1.82) is 0 Å². The van der Waals surface area contributed by atoms with E-state index in [2.05, 4.69) is 10.3 Å². The lowest BCUT2D eigenvalue weighted by atomic mass is 9.87. The summed E-state index contributed by atoms with van der Waals surface area (Å²) in [4.78, 5) is 27.1. The summed E-state index contributed by atoms with van der Waals surface area (Å²) in [5.41, 5.74) is 8.55. The van der Waals surface area contributed by atoms with Crippen molar-refractivity contribution in [3.05, 3.63) is 40.3 Å². The first kappa shape index (κ1) is 20.9. The SMILES string of the molecule is Cc1[nH]c2c(C(N)=O)cc(F)c(C3=C[C@@H](NC(=O)OC(C)(C)C)CCC3)c2c1C. The van der Waals surface area contributed by atoms with Gasteiger partial charge in [0.15, 0.2) is 0 Å². The number of hydrogen-bond donors (Lipinski definition) is 3. The lowest BCUT2D eigenvalue weighted by Gasteiger charge is -2.26. The zero-order valence-corrected chi connectivity index (χ0v) is 17.5. The number of hydrogen-bond acceptors (Lipinski definition) is 3. The van der Waals surface area contributed by atoms with Gasteiger partial charge in [0, 0.05) is 16.6 Å². The lowest BCUT2D eigenvalue weighted by Crippen LogP contribution is -2.39. The number of fused-ring (bicyclic) bond motifs is 1. The highest BCUT2D eigenvalue weighted by Crippen LogP contribution is 2.38. The van der Waals surface area contributed by atoms with Crippen LogP contribution in [0.3, 0.4) is 0 Å². The molecule has 1 aliphatic carbocycles. The maximum atomic E-state index is 15.2. The quantitative estimate of drug-likeness (QED) is 0.707. The molecule has 2 amide bonds. The molecular weight excluding hydrogens is 373 g/mol. The number of aromatic amines is 1. The molecule has 3 rings (SSSR count). The number of aromatic nitrogens is 1. The van der Waals surface area contributed by atoms with Crippen molar-refractivity contribution in [1.82, 2.24) is 10.3 Å². The van der Waals surface area contributed by atoms with Crippen LogP contribution in [0.15, 0.2) is 12.1 Å². The average molecular weight is 401 g/mol. The molecule has 4 N–H and O–H groups in total. The molecule has 29 heavy (non-hydrogen) atoms. The second-order valence-corrected chi connectivity index (χ2v) is 8.61. The van der Waals surface area contributed by atoms with Gasteiger partial charge in [0.05, 0.1) is 17.1 Å². The van der Waals surface area contributed by atoms with Gasteiger partial charge in [0.2, 0.25) is 0 Å². The summed E-state index contributed by atoms with van der Waals surface area (Å²) < 4.78 is 20.5. The van der Waals surface area contributed by atoms with E-state index in [1.807, 2.05) is 19.9 Å². The number of alkyl carbamates (subject to hydrolysis) is 1. The highest BCUT2D eigenvalue weighted by atomic mass is 19.1. The van der Waals surface area contributed by atoms with E-state index in [1.165, 1.54) is 6.07 Å². The molecule has 0 unspecified atom stereocenters. The van der Waals surface area contributed by atoms with Crippen LogP contribution >= 0.6 is 0 Å². The highest BCUT2D eigenvalue weighted by molar-refractivity contribution is 6.09. The molecule has 0 radical (unpaired) electrons. The summed E-state index contributed by atoms with van der Waals surface area (Å²) in [6.07, 6.45) is 3.61. The first-order valence-corrected chi connectivity index (χ1v) is 9.79. The van der Waals surface area contributed by atoms with Crippen molar-refractivity contribution in [3.8, 4) is 0 Å². The number of carbonyl (C=O) groups is 2. The number of rotatable bonds is 3. The summed E-state index contributed by atoms with van der Waals surface area (Å²) in [5, 5.41) is 3.52. The lowest BCUT2D eigenvalue weighted by molar-refractivity contribution is 0.0511. The van der Waals surface area contributed by atoms with E-state index in [-0.39, 0.29) is 11.6 Å². The van der Waals surface area contributed by atoms with Gasteiger partial charge >= 0.3 is 6.09 Å². The molecule has 1 atom stereocenters. The van der Waals surface area contributed by atoms with Gasteiger partial charge in [-0.2, -0.15) is 0 Å². The second kappa shape index (κ2) is 7.54. The third-order valence-corrected chi connectivity index (χ3v) is 5.18. The maximum absolute atomic E-state index is 15.2. The van der Waals surface area contributed by atoms with Crippen molar-refractivity contribution < 1.29 is 18.7 Å². The van der Waals surface area contributed by atoms with Crippen LogP contribution in [0.1, 0.15) is 67.2 Å². The number of allylic oxidation sites excluding steroid dienone is 1. The van der Waals surface area contributed by atoms with Gasteiger partial charge in [-0.1, -0.05) is 6.08 Å². The summed E-state index contributed by atoms with van der Waals surface area (Å²) in [6, 6.07) is 0.945. The third kappa shape index (κ3) is 4.28. The fourth-order valence-electron chi connectivity index (χ4n) is 3.84. The average Bonchev–Trinajstić information content (AvgIpc) is 2.88. The number of aryl methyl sites for hydroxylation is 2. The number of halogens is 1. The molecule has 6 nitrogen and oxygen atoms in total. The molecule has 0 spiro atoms. The van der Waals surface area contributed by atoms with Gasteiger partial charge < -0.3 is 20.8 Å². The van der Waals surface area contributed by atoms with Crippen LogP contribution < -0.4 is 11.1 Å². The number of H-pyrrole nitrogens is 1. The Bertz CT molecular complexity index is 1010. The van der Waals surface area contributed by atoms with E-state index in [4.69, 9.17) is 10.5 Å². The molecule has 0 saturated heterocycles. The Labute approximate surface area is 169 Å². The third-order valence-electron chi connectivity index (χ3n) is 5.18.